The van der Waals surface area contributed by atoms with Crippen molar-refractivity contribution in [2.24, 2.45) is 0 Å². The van der Waals surface area contributed by atoms with Crippen LogP contribution in [-0.2, 0) is 14.8 Å². The van der Waals surface area contributed by atoms with Crippen molar-refractivity contribution >= 4 is 50.4 Å². The van der Waals surface area contributed by atoms with Gasteiger partial charge in [0.15, 0.2) is 0 Å². The highest BCUT2D eigenvalue weighted by molar-refractivity contribution is 8.01. The fraction of sp³-hybridized carbons (Fsp3) is 0.0952. The van der Waals surface area contributed by atoms with Gasteiger partial charge in [-0.15, -0.1) is 11.3 Å². The van der Waals surface area contributed by atoms with Crippen LogP contribution in [0, 0.1) is 5.41 Å². The number of hydrogen-bond acceptors (Lipinski definition) is 7. The molecule has 1 amide bonds. The largest absolute Gasteiger partial charge is 0.305 e. The molecule has 0 bridgehead atoms. The lowest BCUT2D eigenvalue weighted by atomic mass is 10.2. The average molecular weight is 474 g/mol. The minimum atomic E-state index is -3.98. The number of nitrogens with two attached hydrogens (primary N) is 1. The van der Waals surface area contributed by atoms with E-state index < -0.39 is 15.9 Å². The zero-order valence-electron chi connectivity index (χ0n) is 16.6. The number of aromatic nitrogens is 1. The number of allylic oxidation sites excluding steroid dienone is 1. The Labute approximate surface area is 189 Å². The summed E-state index contributed by atoms with van der Waals surface area (Å²) in [5.74, 6) is -0.656. The smallest absolute Gasteiger partial charge is 0.273 e. The highest BCUT2D eigenvalue weighted by Gasteiger charge is 2.22. The van der Waals surface area contributed by atoms with E-state index in [9.17, 15) is 13.2 Å². The van der Waals surface area contributed by atoms with E-state index in [1.807, 2.05) is 42.5 Å². The number of nitrogens with zero attached hydrogens (tertiary/aromatic N) is 1. The molecule has 0 saturated heterocycles. The second-order valence-electron chi connectivity index (χ2n) is 6.52. The zero-order chi connectivity index (χ0) is 22.3. The zero-order valence-corrected chi connectivity index (χ0v) is 19.1. The molecule has 1 aromatic carbocycles. The summed E-state index contributed by atoms with van der Waals surface area (Å²) in [4.78, 5) is 17.4. The van der Waals surface area contributed by atoms with E-state index in [0.717, 1.165) is 26.1 Å². The topological polar surface area (TPSA) is 117 Å². The fourth-order valence-electron chi connectivity index (χ4n) is 2.63. The van der Waals surface area contributed by atoms with Gasteiger partial charge in [0.25, 0.3) is 10.0 Å². The average Bonchev–Trinajstić information content (AvgIpc) is 3.18. The number of amides is 1. The van der Waals surface area contributed by atoms with Crippen LogP contribution in [-0.4, -0.2) is 25.0 Å². The van der Waals surface area contributed by atoms with Gasteiger partial charge in [-0.25, -0.2) is 13.1 Å². The first kappa shape index (κ1) is 22.9. The minimum Gasteiger partial charge on any atom is -0.305 e. The minimum absolute atomic E-state index is 0.0678. The third kappa shape index (κ3) is 7.14. The fourth-order valence-corrected chi connectivity index (χ4v) is 6.16. The summed E-state index contributed by atoms with van der Waals surface area (Å²) in [6.07, 6.45) is 4.73. The van der Waals surface area contributed by atoms with E-state index in [1.165, 1.54) is 17.8 Å². The maximum atomic E-state index is 12.7. The van der Waals surface area contributed by atoms with Crippen LogP contribution in [0.1, 0.15) is 13.3 Å². The molecule has 3 rings (SSSR count). The van der Waals surface area contributed by atoms with Gasteiger partial charge in [0, 0.05) is 29.1 Å². The van der Waals surface area contributed by atoms with Gasteiger partial charge in [-0.05, 0) is 43.3 Å². The number of pyridine rings is 1. The first-order chi connectivity index (χ1) is 14.8. The number of sulfonamides is 1. The summed E-state index contributed by atoms with van der Waals surface area (Å²) in [5, 5.41) is 9.46. The molecule has 2 aromatic heterocycles. The number of carbonyl (C=O) groups is 1. The van der Waals surface area contributed by atoms with Crippen LogP contribution in [0.25, 0.3) is 0 Å². The number of hydrogen-bond donors (Lipinski definition) is 3. The van der Waals surface area contributed by atoms with E-state index in [-0.39, 0.29) is 16.3 Å². The molecule has 0 atom stereocenters. The maximum Gasteiger partial charge on any atom is 0.273 e. The van der Waals surface area contributed by atoms with Crippen LogP contribution in [0.15, 0.2) is 92.1 Å². The summed E-state index contributed by atoms with van der Waals surface area (Å²) in [6.45, 7) is 1.60. The molecule has 0 aliphatic carbocycles. The number of carbonyl (C=O) groups excluding carboxylic acids is 1. The second kappa shape index (κ2) is 10.5. The Morgan fingerprint density at radius 2 is 1.87 bits per heavy atom. The summed E-state index contributed by atoms with van der Waals surface area (Å²) in [6, 6.07) is 16.2. The third-order valence-corrected chi connectivity index (χ3v) is 7.95. The number of rotatable bonds is 9. The predicted molar refractivity (Wildman–Crippen MR) is 122 cm³/mol. The van der Waals surface area contributed by atoms with Crippen LogP contribution >= 0.6 is 23.1 Å². The molecule has 0 saturated carbocycles. The third-order valence-electron chi connectivity index (χ3n) is 3.86. The molecule has 0 spiro atoms. The number of para-hydroxylation sites is 1. The Morgan fingerprint density at radius 3 is 2.55 bits per heavy atom. The Bertz CT molecular complexity index is 1190. The summed E-state index contributed by atoms with van der Waals surface area (Å²) in [7, 11) is -3.98. The monoisotopic (exact) mass is 473 g/mol. The lowest BCUT2D eigenvalue weighted by molar-refractivity contribution is -0.519. The Morgan fingerprint density at radius 1 is 1.16 bits per heavy atom. The molecule has 0 fully saturated rings. The molecule has 0 aliphatic rings. The van der Waals surface area contributed by atoms with Crippen LogP contribution in [0.5, 0.6) is 0 Å². The normalized spacial score (nSPS) is 11.8. The molecule has 4 N–H and O–H groups in total. The molecule has 160 valence electrons. The molecule has 2 heterocycles. The molecular formula is C21H21N4O3S3+. The van der Waals surface area contributed by atoms with Gasteiger partial charge < -0.3 is 5.41 Å². The number of benzene rings is 1. The second-order valence-corrected chi connectivity index (χ2v) is 10.9. The molecular weight excluding hydrogens is 452 g/mol. The van der Waals surface area contributed by atoms with Gasteiger partial charge in [-0.3, -0.25) is 15.1 Å². The molecule has 10 heteroatoms. The van der Waals surface area contributed by atoms with Crippen molar-refractivity contribution in [3.05, 3.63) is 78.8 Å². The molecule has 0 aliphatic heterocycles. The quantitative estimate of drug-likeness (QED) is 0.326. The molecule has 7 nitrogen and oxygen atoms in total. The van der Waals surface area contributed by atoms with Crippen LogP contribution in [0.2, 0.25) is 0 Å². The summed E-state index contributed by atoms with van der Waals surface area (Å²) < 4.78 is 28.3. The van der Waals surface area contributed by atoms with Gasteiger partial charge in [-0.2, -0.15) is 0 Å². The van der Waals surface area contributed by atoms with Crippen molar-refractivity contribution in [2.45, 2.75) is 26.7 Å². The van der Waals surface area contributed by atoms with Crippen molar-refractivity contribution in [1.82, 2.24) is 9.71 Å². The SMILES string of the molecule is CC(=N)/C=C(/CC(=O)NS(=O)(=O)c1ccc(Sc2ccncc2)s1)[NH2+]c1ccccc1. The molecule has 0 unspecified atom stereocenters. The number of nitrogens with one attached hydrogen (secondary N) is 2. The molecule has 3 aromatic rings. The van der Waals surface area contributed by atoms with Crippen LogP contribution in [0.3, 0.4) is 0 Å². The highest BCUT2D eigenvalue weighted by atomic mass is 32.3. The highest BCUT2D eigenvalue weighted by Crippen LogP contribution is 2.34. The van der Waals surface area contributed by atoms with Crippen LogP contribution < -0.4 is 10.0 Å². The van der Waals surface area contributed by atoms with E-state index in [1.54, 1.807) is 36.8 Å². The predicted octanol–water partition coefficient (Wildman–Crippen LogP) is 3.31. The number of quaternary nitrogens is 1. The van der Waals surface area contributed by atoms with Crippen molar-refractivity contribution in [3.63, 3.8) is 0 Å². The van der Waals surface area contributed by atoms with Gasteiger partial charge in [0.05, 0.1) is 4.21 Å². The van der Waals surface area contributed by atoms with Gasteiger partial charge in [0.1, 0.15) is 22.0 Å². The standard InChI is InChI=1S/C21H20N4O3S3/c1-15(22)13-17(24-16-5-3-2-4-6-16)14-19(26)25-31(27,28)21-8-7-20(30-21)29-18-9-11-23-12-10-18/h2-13,22,24H,14H2,1H3,(H,25,26)/p+1/b17-13-,22-15?. The van der Waals surface area contributed by atoms with E-state index in [4.69, 9.17) is 5.41 Å². The van der Waals surface area contributed by atoms with Gasteiger partial charge in [0.2, 0.25) is 5.91 Å². The Balaban J connectivity index is 1.67. The summed E-state index contributed by atoms with van der Waals surface area (Å²) >= 11 is 2.52. The van der Waals surface area contributed by atoms with Crippen molar-refractivity contribution in [1.29, 1.82) is 5.41 Å². The lowest BCUT2D eigenvalue weighted by Crippen LogP contribution is -2.76. The molecule has 31 heavy (non-hydrogen) atoms. The molecule has 0 radical (unpaired) electrons. The van der Waals surface area contributed by atoms with Crippen LogP contribution in [0.4, 0.5) is 5.69 Å². The Kier molecular flexibility index (Phi) is 7.75. The van der Waals surface area contributed by atoms with E-state index >= 15 is 0 Å². The maximum absolute atomic E-state index is 12.7. The Hall–Kier alpha value is -2.79. The van der Waals surface area contributed by atoms with Crippen molar-refractivity contribution < 1.29 is 18.5 Å². The van der Waals surface area contributed by atoms with E-state index in [0.29, 0.717) is 5.70 Å². The first-order valence-electron chi connectivity index (χ1n) is 9.21. The van der Waals surface area contributed by atoms with Crippen molar-refractivity contribution in [3.8, 4) is 0 Å². The summed E-state index contributed by atoms with van der Waals surface area (Å²) in [5.41, 5.74) is 1.68. The number of thiophene rings is 1. The van der Waals surface area contributed by atoms with Gasteiger partial charge >= 0.3 is 0 Å². The van der Waals surface area contributed by atoms with Crippen molar-refractivity contribution in [2.75, 3.05) is 0 Å². The lowest BCUT2D eigenvalue weighted by Gasteiger charge is -2.07. The van der Waals surface area contributed by atoms with Gasteiger partial charge in [-0.1, -0.05) is 30.0 Å². The van der Waals surface area contributed by atoms with E-state index in [2.05, 4.69) is 9.71 Å². The first-order valence-corrected chi connectivity index (χ1v) is 12.3.